The molecule has 0 rings (SSSR count). The van der Waals surface area contributed by atoms with Gasteiger partial charge in [0.2, 0.25) is 0 Å². The molecule has 1 radical (unpaired) electrons. The number of nitrogens with zero attached hydrogens (tertiary/aromatic N) is 1. The Labute approximate surface area is 96.7 Å². The Bertz CT molecular complexity index is 20.3. The van der Waals surface area contributed by atoms with Gasteiger partial charge in [-0.3, -0.25) is 0 Å². The van der Waals surface area contributed by atoms with Gasteiger partial charge in [-0.15, -0.1) is 0 Å². The summed E-state index contributed by atoms with van der Waals surface area (Å²) in [5.41, 5.74) is 0. The molecule has 31 valence electrons. The van der Waals surface area contributed by atoms with Gasteiger partial charge in [-0.05, 0) is 0 Å². The predicted octanol–water partition coefficient (Wildman–Crippen LogP) is -2.79. The number of rotatable bonds is 0. The van der Waals surface area contributed by atoms with Crippen LogP contribution in [0.5, 0.6) is 0 Å². The molecule has 4 heteroatoms. The molecule has 0 aromatic carbocycles. The van der Waals surface area contributed by atoms with Crippen molar-refractivity contribution in [2.75, 3.05) is 0 Å². The van der Waals surface area contributed by atoms with Crippen LogP contribution in [0.2, 0.25) is 0 Å². The van der Waals surface area contributed by atoms with Crippen LogP contribution in [-0.2, 0) is 34.1 Å². The zero-order valence-corrected chi connectivity index (χ0v) is 7.77. The Morgan fingerprint density at radius 2 is 1.40 bits per heavy atom. The molecule has 0 bridgehead atoms. The standard InChI is InChI=1S/CN.Cu.Fe.K.H/c1-2;;;;/q-1;;;+1;-1. The Kier molecular flexibility index (Phi) is 191. The van der Waals surface area contributed by atoms with Crippen LogP contribution in [0.3, 0.4) is 0 Å². The van der Waals surface area contributed by atoms with E-state index < -0.39 is 0 Å². The molecule has 0 saturated carbocycles. The number of hydrogen-bond acceptors (Lipinski definition) is 1. The second-order valence-corrected chi connectivity index (χ2v) is 0. The van der Waals surface area contributed by atoms with E-state index in [0.717, 1.165) is 0 Å². The molecule has 0 aromatic rings. The summed E-state index contributed by atoms with van der Waals surface area (Å²) in [6.45, 7) is 4.75. The van der Waals surface area contributed by atoms with Crippen molar-refractivity contribution in [3.05, 3.63) is 6.57 Å². The zero-order chi connectivity index (χ0) is 2.00. The third-order valence-electron chi connectivity index (χ3n) is 0. The molecular formula is CHCuFeKN-. The molecule has 0 unspecified atom stereocenters. The summed E-state index contributed by atoms with van der Waals surface area (Å²) in [6.07, 6.45) is 0. The average Bonchev–Trinajstić information content (AvgIpc) is 1.00. The van der Waals surface area contributed by atoms with E-state index in [0.29, 0.717) is 0 Å². The third kappa shape index (κ3) is 22.8. The molecule has 0 spiro atoms. The van der Waals surface area contributed by atoms with E-state index in [1.165, 1.54) is 0 Å². The maximum atomic E-state index is 6.25. The van der Waals surface area contributed by atoms with Gasteiger partial charge in [0.05, 0.1) is 0 Å². The minimum Gasteiger partial charge on any atom is -1.00 e. The molecule has 0 saturated heterocycles. The summed E-state index contributed by atoms with van der Waals surface area (Å²) < 4.78 is 0. The van der Waals surface area contributed by atoms with Crippen molar-refractivity contribution in [1.29, 1.82) is 5.26 Å². The summed E-state index contributed by atoms with van der Waals surface area (Å²) in [6, 6.07) is 0. The van der Waals surface area contributed by atoms with Crippen molar-refractivity contribution in [1.82, 2.24) is 0 Å². The average molecular weight is 186 g/mol. The molecule has 0 amide bonds. The predicted molar refractivity (Wildman–Crippen MR) is 6.08 cm³/mol. The normalized spacial score (nSPS) is 0.400. The Balaban J connectivity index is -0.000000000833. The summed E-state index contributed by atoms with van der Waals surface area (Å²) in [5, 5.41) is 6.25. The minimum atomic E-state index is 0. The fourth-order valence-corrected chi connectivity index (χ4v) is 0. The largest absolute Gasteiger partial charge is 1.00 e. The van der Waals surface area contributed by atoms with Crippen molar-refractivity contribution >= 4 is 0 Å². The van der Waals surface area contributed by atoms with Gasteiger partial charge in [0, 0.05) is 34.1 Å². The molecule has 0 aromatic heterocycles. The zero-order valence-electron chi connectivity index (χ0n) is 3.60. The third-order valence-corrected chi connectivity index (χ3v) is 0. The maximum Gasteiger partial charge on any atom is 1.00 e. The fourth-order valence-electron chi connectivity index (χ4n) is 0. The van der Waals surface area contributed by atoms with E-state index in [9.17, 15) is 0 Å². The van der Waals surface area contributed by atoms with Crippen molar-refractivity contribution in [2.24, 2.45) is 0 Å². The molecule has 0 heterocycles. The second-order valence-electron chi connectivity index (χ2n) is 0. The molecule has 0 atom stereocenters. The van der Waals surface area contributed by atoms with Crippen LogP contribution < -0.4 is 51.4 Å². The Morgan fingerprint density at radius 1 is 1.40 bits per heavy atom. The molecule has 1 nitrogen and oxygen atoms in total. The van der Waals surface area contributed by atoms with Crippen LogP contribution >= 0.6 is 0 Å². The SMILES string of the molecule is [C-]#N.[Cu].[Fe].[H-].[K+]. The molecule has 0 aliphatic rings. The van der Waals surface area contributed by atoms with E-state index in [1.54, 1.807) is 0 Å². The fraction of sp³-hybridized carbons (Fsp3) is 0. The summed E-state index contributed by atoms with van der Waals surface area (Å²) >= 11 is 0. The monoisotopic (exact) mass is 185 g/mol. The van der Waals surface area contributed by atoms with Gasteiger partial charge in [-0.1, -0.05) is 0 Å². The molecule has 0 fully saturated rings. The molecule has 0 aliphatic carbocycles. The smallest absolute Gasteiger partial charge is 1.00 e. The van der Waals surface area contributed by atoms with Crippen LogP contribution in [0, 0.1) is 11.8 Å². The first-order chi connectivity index (χ1) is 1.00. The van der Waals surface area contributed by atoms with Crippen LogP contribution in [0.25, 0.3) is 0 Å². The summed E-state index contributed by atoms with van der Waals surface area (Å²) in [4.78, 5) is 0. The van der Waals surface area contributed by atoms with E-state index in [1.807, 2.05) is 0 Å². The van der Waals surface area contributed by atoms with Crippen LogP contribution in [0.15, 0.2) is 0 Å². The Morgan fingerprint density at radius 3 is 1.40 bits per heavy atom. The van der Waals surface area contributed by atoms with Gasteiger partial charge in [0.25, 0.3) is 0 Å². The molecule has 5 heavy (non-hydrogen) atoms. The quantitative estimate of drug-likeness (QED) is 0.296. The summed E-state index contributed by atoms with van der Waals surface area (Å²) in [7, 11) is 0. The van der Waals surface area contributed by atoms with Gasteiger partial charge >= 0.3 is 51.4 Å². The summed E-state index contributed by atoms with van der Waals surface area (Å²) in [5.74, 6) is 0. The van der Waals surface area contributed by atoms with Crippen molar-refractivity contribution in [3.8, 4) is 0 Å². The first-order valence-electron chi connectivity index (χ1n) is 0.224. The van der Waals surface area contributed by atoms with E-state index in [4.69, 9.17) is 11.8 Å². The van der Waals surface area contributed by atoms with Crippen LogP contribution in [0.1, 0.15) is 1.43 Å². The van der Waals surface area contributed by atoms with E-state index in [-0.39, 0.29) is 86.9 Å². The van der Waals surface area contributed by atoms with Crippen molar-refractivity contribution in [3.63, 3.8) is 0 Å². The number of hydrogen-bond donors (Lipinski definition) is 0. The van der Waals surface area contributed by atoms with E-state index >= 15 is 0 Å². The van der Waals surface area contributed by atoms with Gasteiger partial charge in [-0.2, -0.15) is 0 Å². The van der Waals surface area contributed by atoms with Gasteiger partial charge < -0.3 is 13.3 Å². The molecule has 0 N–H and O–H groups in total. The minimum absolute atomic E-state index is 0. The van der Waals surface area contributed by atoms with Crippen molar-refractivity contribution in [2.45, 2.75) is 0 Å². The molecular weight excluding hydrogens is 185 g/mol. The van der Waals surface area contributed by atoms with E-state index in [2.05, 4.69) is 0 Å². The Hall–Kier alpha value is 2.17. The van der Waals surface area contributed by atoms with Gasteiger partial charge in [-0.25, -0.2) is 0 Å². The molecule has 0 aliphatic heterocycles. The van der Waals surface area contributed by atoms with Gasteiger partial charge in [0.15, 0.2) is 0 Å². The van der Waals surface area contributed by atoms with Gasteiger partial charge in [0.1, 0.15) is 0 Å². The first-order valence-corrected chi connectivity index (χ1v) is 0.224. The van der Waals surface area contributed by atoms with Crippen molar-refractivity contribution < 1.29 is 86.9 Å². The van der Waals surface area contributed by atoms with Crippen LogP contribution in [0.4, 0.5) is 0 Å². The topological polar surface area (TPSA) is 23.8 Å². The first kappa shape index (κ1) is 27.2. The second kappa shape index (κ2) is 35.1. The van der Waals surface area contributed by atoms with Crippen LogP contribution in [-0.4, -0.2) is 0 Å². The maximum absolute atomic E-state index is 6.25.